The summed E-state index contributed by atoms with van der Waals surface area (Å²) >= 11 is 0. The molecule has 0 unspecified atom stereocenters. The highest BCUT2D eigenvalue weighted by Gasteiger charge is 1.89. The van der Waals surface area contributed by atoms with Gasteiger partial charge in [-0.2, -0.15) is 0 Å². The van der Waals surface area contributed by atoms with E-state index in [1.807, 2.05) is 24.3 Å². The van der Waals surface area contributed by atoms with Crippen LogP contribution in [0.4, 0.5) is 0 Å². The van der Waals surface area contributed by atoms with Crippen LogP contribution in [0, 0.1) is 0 Å². The third-order valence-electron chi connectivity index (χ3n) is 1.18. The van der Waals surface area contributed by atoms with Gasteiger partial charge in [-0.15, -0.1) is 0 Å². The molecule has 10 heavy (non-hydrogen) atoms. The number of benzene rings is 1. The van der Waals surface area contributed by atoms with Crippen LogP contribution < -0.4 is 0 Å². The first-order valence-electron chi connectivity index (χ1n) is 2.88. The van der Waals surface area contributed by atoms with Crippen LogP contribution in [0.1, 0.15) is 5.56 Å². The minimum Gasteiger partial charge on any atom is -0.0985 e. The van der Waals surface area contributed by atoms with Gasteiger partial charge in [0.2, 0.25) is 0 Å². The Morgan fingerprint density at radius 1 is 1.50 bits per heavy atom. The molecule has 1 aromatic rings. The fraction of sp³-hybridized carbons (Fsp3) is 0. The fourth-order valence-electron chi connectivity index (χ4n) is 0.690. The van der Waals surface area contributed by atoms with E-state index in [0.717, 1.165) is 10.5 Å². The summed E-state index contributed by atoms with van der Waals surface area (Å²) in [6, 6.07) is 7.90. The summed E-state index contributed by atoms with van der Waals surface area (Å²) in [6.45, 7) is 3.65. The third kappa shape index (κ3) is 1.79. The molecule has 0 atom stereocenters. The lowest BCUT2D eigenvalue weighted by Crippen LogP contribution is -1.70. The number of hydrogen-bond donors (Lipinski definition) is 0. The average molecular weight is 171 g/mol. The van der Waals surface area contributed by atoms with Crippen molar-refractivity contribution in [1.82, 2.24) is 0 Å². The van der Waals surface area contributed by atoms with Crippen molar-refractivity contribution in [3.8, 4) is 0 Å². The van der Waals surface area contributed by atoms with Crippen LogP contribution in [0.3, 0.4) is 0 Å². The summed E-state index contributed by atoms with van der Waals surface area (Å²) in [6.07, 6.45) is 1.80. The lowest BCUT2D eigenvalue weighted by atomic mass is 10.2. The number of hydrogen-bond acceptors (Lipinski definition) is 1. The molecule has 0 saturated carbocycles. The Morgan fingerprint density at radius 3 is 2.90 bits per heavy atom. The van der Waals surface area contributed by atoms with Gasteiger partial charge >= 0.3 is 0 Å². The number of halogens is 1. The van der Waals surface area contributed by atoms with Gasteiger partial charge in [-0.05, 0) is 39.4 Å². The van der Waals surface area contributed by atoms with Gasteiger partial charge < -0.3 is 0 Å². The fourth-order valence-corrected chi connectivity index (χ4v) is 1.29. The van der Waals surface area contributed by atoms with Gasteiger partial charge in [0.1, 0.15) is 0 Å². The Kier molecular flexibility index (Phi) is 2.84. The zero-order valence-corrected chi connectivity index (χ0v) is 6.95. The van der Waals surface area contributed by atoms with Crippen molar-refractivity contribution in [2.75, 3.05) is 0 Å². The van der Waals surface area contributed by atoms with Crippen LogP contribution >= 0.6 is 21.7 Å². The molecule has 0 amide bonds. The van der Waals surface area contributed by atoms with Gasteiger partial charge in [0.15, 0.2) is 0 Å². The first-order chi connectivity index (χ1) is 4.86. The molecule has 0 radical (unpaired) electrons. The van der Waals surface area contributed by atoms with E-state index in [9.17, 15) is 0 Å². The molecule has 2 heteroatoms. The van der Waals surface area contributed by atoms with E-state index in [-0.39, 0.29) is 0 Å². The van der Waals surface area contributed by atoms with Gasteiger partial charge in [0.05, 0.1) is 0 Å². The zero-order chi connectivity index (χ0) is 7.40. The van der Waals surface area contributed by atoms with Crippen molar-refractivity contribution in [3.05, 3.63) is 36.4 Å². The topological polar surface area (TPSA) is 0 Å². The van der Waals surface area contributed by atoms with Crippen LogP contribution in [0.5, 0.6) is 0 Å². The van der Waals surface area contributed by atoms with E-state index >= 15 is 0 Å². The molecular weight excluding hydrogens is 164 g/mol. The van der Waals surface area contributed by atoms with E-state index in [2.05, 4.69) is 6.58 Å². The second-order valence-corrected chi connectivity index (χ2v) is 2.94. The monoisotopic (exact) mass is 170 g/mol. The molecule has 0 heterocycles. The molecule has 1 aromatic carbocycles. The second kappa shape index (κ2) is 3.69. The maximum atomic E-state index is 5.54. The molecular formula is C8H7ClS. The Balaban J connectivity index is 2.98. The van der Waals surface area contributed by atoms with Crippen molar-refractivity contribution < 1.29 is 0 Å². The van der Waals surface area contributed by atoms with Crippen LogP contribution in [0.25, 0.3) is 6.08 Å². The molecule has 0 aliphatic heterocycles. The molecule has 0 fully saturated rings. The molecule has 0 aromatic heterocycles. The predicted octanol–water partition coefficient (Wildman–Crippen LogP) is 3.58. The quantitative estimate of drug-likeness (QED) is 0.654. The maximum absolute atomic E-state index is 5.54. The third-order valence-corrected chi connectivity index (χ3v) is 2.15. The lowest BCUT2D eigenvalue weighted by molar-refractivity contribution is 1.46. The van der Waals surface area contributed by atoms with Gasteiger partial charge in [-0.3, -0.25) is 0 Å². The highest BCUT2D eigenvalue weighted by atomic mass is 35.7. The molecule has 0 saturated heterocycles. The highest BCUT2D eigenvalue weighted by Crippen LogP contribution is 2.22. The first kappa shape index (κ1) is 7.70. The van der Waals surface area contributed by atoms with Crippen LogP contribution in [0.2, 0.25) is 0 Å². The SMILES string of the molecule is C=Cc1cccc(SCl)c1. The Bertz CT molecular complexity index is 232. The summed E-state index contributed by atoms with van der Waals surface area (Å²) in [5, 5.41) is 0. The summed E-state index contributed by atoms with van der Waals surface area (Å²) in [5.41, 5.74) is 1.10. The lowest BCUT2D eigenvalue weighted by Gasteiger charge is -1.94. The smallest absolute Gasteiger partial charge is 0.0239 e. The molecule has 0 nitrogen and oxygen atoms in total. The summed E-state index contributed by atoms with van der Waals surface area (Å²) in [5.74, 6) is 0. The van der Waals surface area contributed by atoms with E-state index in [4.69, 9.17) is 10.7 Å². The van der Waals surface area contributed by atoms with E-state index in [0.29, 0.717) is 0 Å². The Hall–Kier alpha value is -0.400. The highest BCUT2D eigenvalue weighted by molar-refractivity contribution is 8.21. The van der Waals surface area contributed by atoms with Crippen molar-refractivity contribution in [3.63, 3.8) is 0 Å². The molecule has 0 spiro atoms. The second-order valence-electron chi connectivity index (χ2n) is 1.85. The maximum Gasteiger partial charge on any atom is 0.0239 e. The number of rotatable bonds is 2. The van der Waals surface area contributed by atoms with Crippen molar-refractivity contribution in [1.29, 1.82) is 0 Å². The normalized spacial score (nSPS) is 9.30. The van der Waals surface area contributed by atoms with Crippen molar-refractivity contribution >= 4 is 27.7 Å². The summed E-state index contributed by atoms with van der Waals surface area (Å²) < 4.78 is 0. The minimum absolute atomic E-state index is 1.05. The van der Waals surface area contributed by atoms with Gasteiger partial charge in [-0.1, -0.05) is 24.8 Å². The largest absolute Gasteiger partial charge is 0.0985 e. The Morgan fingerprint density at radius 2 is 2.30 bits per heavy atom. The minimum atomic E-state index is 1.05. The predicted molar refractivity (Wildman–Crippen MR) is 48.2 cm³/mol. The van der Waals surface area contributed by atoms with E-state index in [1.165, 1.54) is 11.0 Å². The van der Waals surface area contributed by atoms with Gasteiger partial charge in [0, 0.05) is 4.90 Å². The summed E-state index contributed by atoms with van der Waals surface area (Å²) in [7, 11) is 6.76. The van der Waals surface area contributed by atoms with Crippen LogP contribution in [-0.2, 0) is 0 Å². The first-order valence-corrected chi connectivity index (χ1v) is 4.52. The van der Waals surface area contributed by atoms with E-state index in [1.54, 1.807) is 6.08 Å². The Labute approximate surface area is 69.4 Å². The zero-order valence-electron chi connectivity index (χ0n) is 5.38. The molecule has 1 rings (SSSR count). The van der Waals surface area contributed by atoms with Gasteiger partial charge in [0.25, 0.3) is 0 Å². The summed E-state index contributed by atoms with van der Waals surface area (Å²) in [4.78, 5) is 1.05. The molecule has 0 aliphatic rings. The van der Waals surface area contributed by atoms with E-state index < -0.39 is 0 Å². The molecule has 0 aliphatic carbocycles. The average Bonchev–Trinajstić information content (AvgIpc) is 2.05. The van der Waals surface area contributed by atoms with Gasteiger partial charge in [-0.25, -0.2) is 0 Å². The molecule has 0 bridgehead atoms. The van der Waals surface area contributed by atoms with Crippen LogP contribution in [-0.4, -0.2) is 0 Å². The standard InChI is InChI=1S/C8H7ClS/c1-2-7-4-3-5-8(6-7)10-9/h2-6H,1H2. The van der Waals surface area contributed by atoms with Crippen molar-refractivity contribution in [2.24, 2.45) is 0 Å². The van der Waals surface area contributed by atoms with Crippen molar-refractivity contribution in [2.45, 2.75) is 4.90 Å². The van der Waals surface area contributed by atoms with Crippen LogP contribution in [0.15, 0.2) is 35.7 Å². The molecule has 0 N–H and O–H groups in total. The molecule has 52 valence electrons.